The number of rotatable bonds is 4. The number of hydrogen-bond donors (Lipinski definition) is 2. The first-order valence-corrected chi connectivity index (χ1v) is 6.93. The van der Waals surface area contributed by atoms with Gasteiger partial charge in [0.1, 0.15) is 5.75 Å². The number of hydrogen-bond acceptors (Lipinski definition) is 5. The molecule has 0 unspecified atom stereocenters. The third kappa shape index (κ3) is 3.72. The molecule has 2 N–H and O–H groups in total. The first-order valence-electron chi connectivity index (χ1n) is 6.93. The maximum absolute atomic E-state index is 12.3. The zero-order valence-corrected chi connectivity index (χ0v) is 12.3. The van der Waals surface area contributed by atoms with E-state index in [0.29, 0.717) is 17.0 Å². The SMILES string of the molecule is COC(=O)c1cc(OC)ccc1NC(=O)C1CCNCC1. The average Bonchev–Trinajstić information content (AvgIpc) is 2.55. The minimum atomic E-state index is -0.505. The number of anilines is 1. The maximum atomic E-state index is 12.3. The maximum Gasteiger partial charge on any atom is 0.340 e. The van der Waals surface area contributed by atoms with Crippen molar-refractivity contribution in [3.63, 3.8) is 0 Å². The molecule has 6 nitrogen and oxygen atoms in total. The van der Waals surface area contributed by atoms with Crippen molar-refractivity contribution in [2.24, 2.45) is 5.92 Å². The summed E-state index contributed by atoms with van der Waals surface area (Å²) in [5.74, 6) is -0.0598. The molecule has 114 valence electrons. The Labute approximate surface area is 123 Å². The van der Waals surface area contributed by atoms with Gasteiger partial charge in [0.15, 0.2) is 0 Å². The van der Waals surface area contributed by atoms with Crippen LogP contribution in [0, 0.1) is 5.92 Å². The standard InChI is InChI=1S/C15H20N2O4/c1-20-11-3-4-13(12(9-11)15(19)21-2)17-14(18)10-5-7-16-8-6-10/h3-4,9-10,16H,5-8H2,1-2H3,(H,17,18). The van der Waals surface area contributed by atoms with Gasteiger partial charge in [-0.2, -0.15) is 0 Å². The first-order chi connectivity index (χ1) is 10.2. The fourth-order valence-electron chi connectivity index (χ4n) is 2.36. The highest BCUT2D eigenvalue weighted by atomic mass is 16.5. The minimum Gasteiger partial charge on any atom is -0.497 e. The highest BCUT2D eigenvalue weighted by Gasteiger charge is 2.23. The van der Waals surface area contributed by atoms with E-state index in [2.05, 4.69) is 10.6 Å². The van der Waals surface area contributed by atoms with Crippen molar-refractivity contribution >= 4 is 17.6 Å². The summed E-state index contributed by atoms with van der Waals surface area (Å²) in [6.45, 7) is 1.68. The zero-order valence-electron chi connectivity index (χ0n) is 12.3. The van der Waals surface area contributed by atoms with Gasteiger partial charge in [0.05, 0.1) is 25.5 Å². The molecule has 0 bridgehead atoms. The Morgan fingerprint density at radius 3 is 2.57 bits per heavy atom. The van der Waals surface area contributed by atoms with Crippen LogP contribution in [0.4, 0.5) is 5.69 Å². The number of carbonyl (C=O) groups is 2. The smallest absolute Gasteiger partial charge is 0.340 e. The molecule has 1 heterocycles. The average molecular weight is 292 g/mol. The van der Waals surface area contributed by atoms with Crippen LogP contribution in [0.2, 0.25) is 0 Å². The predicted octanol–water partition coefficient (Wildman–Crippen LogP) is 1.42. The zero-order chi connectivity index (χ0) is 15.2. The molecule has 1 saturated heterocycles. The molecule has 0 radical (unpaired) electrons. The minimum absolute atomic E-state index is 0.0288. The molecular formula is C15H20N2O4. The van der Waals surface area contributed by atoms with E-state index in [-0.39, 0.29) is 11.8 Å². The Morgan fingerprint density at radius 1 is 1.24 bits per heavy atom. The van der Waals surface area contributed by atoms with Gasteiger partial charge in [-0.1, -0.05) is 0 Å². The van der Waals surface area contributed by atoms with Crippen LogP contribution in [0.3, 0.4) is 0 Å². The van der Waals surface area contributed by atoms with Gasteiger partial charge in [-0.15, -0.1) is 0 Å². The molecule has 1 fully saturated rings. The number of piperidine rings is 1. The molecule has 0 aliphatic carbocycles. The second-order valence-corrected chi connectivity index (χ2v) is 4.92. The number of nitrogens with one attached hydrogen (secondary N) is 2. The van der Waals surface area contributed by atoms with E-state index in [1.807, 2.05) is 0 Å². The number of benzene rings is 1. The van der Waals surface area contributed by atoms with Crippen LogP contribution >= 0.6 is 0 Å². The van der Waals surface area contributed by atoms with Gasteiger partial charge >= 0.3 is 5.97 Å². The van der Waals surface area contributed by atoms with E-state index in [9.17, 15) is 9.59 Å². The van der Waals surface area contributed by atoms with E-state index in [0.717, 1.165) is 25.9 Å². The number of methoxy groups -OCH3 is 2. The Hall–Kier alpha value is -2.08. The van der Waals surface area contributed by atoms with Crippen molar-refractivity contribution in [3.8, 4) is 5.75 Å². The lowest BCUT2D eigenvalue weighted by molar-refractivity contribution is -0.120. The van der Waals surface area contributed by atoms with E-state index < -0.39 is 5.97 Å². The van der Waals surface area contributed by atoms with E-state index >= 15 is 0 Å². The molecule has 0 spiro atoms. The highest BCUT2D eigenvalue weighted by Crippen LogP contribution is 2.24. The summed E-state index contributed by atoms with van der Waals surface area (Å²) in [6, 6.07) is 4.92. The fourth-order valence-corrected chi connectivity index (χ4v) is 2.36. The van der Waals surface area contributed by atoms with Crippen LogP contribution < -0.4 is 15.4 Å². The second-order valence-electron chi connectivity index (χ2n) is 4.92. The van der Waals surface area contributed by atoms with Crippen LogP contribution in [0.5, 0.6) is 5.75 Å². The Kier molecular flexibility index (Phi) is 5.16. The van der Waals surface area contributed by atoms with Gasteiger partial charge in [-0.3, -0.25) is 4.79 Å². The summed E-state index contributed by atoms with van der Waals surface area (Å²) in [5, 5.41) is 6.04. The van der Waals surface area contributed by atoms with Crippen molar-refractivity contribution in [3.05, 3.63) is 23.8 Å². The summed E-state index contributed by atoms with van der Waals surface area (Å²) >= 11 is 0. The fraction of sp³-hybridized carbons (Fsp3) is 0.467. The molecule has 0 saturated carbocycles. The number of ether oxygens (including phenoxy) is 2. The number of carbonyl (C=O) groups excluding carboxylic acids is 2. The Morgan fingerprint density at radius 2 is 1.95 bits per heavy atom. The highest BCUT2D eigenvalue weighted by molar-refractivity contribution is 6.02. The second kappa shape index (κ2) is 7.08. The summed E-state index contributed by atoms with van der Waals surface area (Å²) in [6.07, 6.45) is 1.60. The largest absolute Gasteiger partial charge is 0.497 e. The lowest BCUT2D eigenvalue weighted by Gasteiger charge is -2.22. The van der Waals surface area contributed by atoms with Crippen molar-refractivity contribution in [2.75, 3.05) is 32.6 Å². The van der Waals surface area contributed by atoms with Crippen LogP contribution in [-0.2, 0) is 9.53 Å². The lowest BCUT2D eigenvalue weighted by atomic mass is 9.97. The van der Waals surface area contributed by atoms with Crippen LogP contribution in [0.15, 0.2) is 18.2 Å². The lowest BCUT2D eigenvalue weighted by Crippen LogP contribution is -2.34. The molecule has 1 amide bonds. The van der Waals surface area contributed by atoms with Gasteiger partial charge in [0, 0.05) is 5.92 Å². The molecule has 1 aliphatic heterocycles. The number of amides is 1. The van der Waals surface area contributed by atoms with Gasteiger partial charge in [-0.25, -0.2) is 4.79 Å². The summed E-state index contributed by atoms with van der Waals surface area (Å²) in [5.41, 5.74) is 0.741. The molecule has 1 aromatic rings. The van der Waals surface area contributed by atoms with Gasteiger partial charge in [0.25, 0.3) is 0 Å². The third-order valence-corrected chi connectivity index (χ3v) is 3.60. The van der Waals surface area contributed by atoms with Crippen molar-refractivity contribution in [1.82, 2.24) is 5.32 Å². The van der Waals surface area contributed by atoms with Gasteiger partial charge in [-0.05, 0) is 44.1 Å². The van der Waals surface area contributed by atoms with Crippen LogP contribution in [-0.4, -0.2) is 39.2 Å². The monoisotopic (exact) mass is 292 g/mol. The predicted molar refractivity (Wildman–Crippen MR) is 78.6 cm³/mol. The quantitative estimate of drug-likeness (QED) is 0.821. The van der Waals surface area contributed by atoms with E-state index in [4.69, 9.17) is 9.47 Å². The molecule has 0 aromatic heterocycles. The molecule has 0 atom stereocenters. The topological polar surface area (TPSA) is 76.7 Å². The molecule has 6 heteroatoms. The van der Waals surface area contributed by atoms with E-state index in [1.165, 1.54) is 14.2 Å². The van der Waals surface area contributed by atoms with Gasteiger partial charge in [0.2, 0.25) is 5.91 Å². The summed E-state index contributed by atoms with van der Waals surface area (Å²) in [4.78, 5) is 24.1. The molecule has 1 aromatic carbocycles. The van der Waals surface area contributed by atoms with Crippen LogP contribution in [0.25, 0.3) is 0 Å². The third-order valence-electron chi connectivity index (χ3n) is 3.60. The van der Waals surface area contributed by atoms with Crippen molar-refractivity contribution in [1.29, 1.82) is 0 Å². The van der Waals surface area contributed by atoms with Crippen LogP contribution in [0.1, 0.15) is 23.2 Å². The molecular weight excluding hydrogens is 272 g/mol. The first kappa shape index (κ1) is 15.3. The van der Waals surface area contributed by atoms with Crippen molar-refractivity contribution in [2.45, 2.75) is 12.8 Å². The van der Waals surface area contributed by atoms with E-state index in [1.54, 1.807) is 18.2 Å². The Balaban J connectivity index is 2.18. The summed E-state index contributed by atoms with van der Waals surface area (Å²) < 4.78 is 9.84. The number of esters is 1. The molecule has 1 aliphatic rings. The molecule has 2 rings (SSSR count). The Bertz CT molecular complexity index is 524. The normalized spacial score (nSPS) is 15.3. The van der Waals surface area contributed by atoms with Crippen molar-refractivity contribution < 1.29 is 19.1 Å². The van der Waals surface area contributed by atoms with Gasteiger partial charge < -0.3 is 20.1 Å². The molecule has 21 heavy (non-hydrogen) atoms. The summed E-state index contributed by atoms with van der Waals surface area (Å²) in [7, 11) is 2.82.